The minimum atomic E-state index is -1.14. The molecule has 1 aromatic carbocycles. The van der Waals surface area contributed by atoms with Gasteiger partial charge in [0.25, 0.3) is 5.91 Å². The fourth-order valence-electron chi connectivity index (χ4n) is 2.48. The van der Waals surface area contributed by atoms with Gasteiger partial charge in [0, 0.05) is 12.0 Å². The van der Waals surface area contributed by atoms with Crippen LogP contribution in [0.15, 0.2) is 18.2 Å². The minimum Gasteiger partial charge on any atom is -0.482 e. The lowest BCUT2D eigenvalue weighted by atomic mass is 10.1. The van der Waals surface area contributed by atoms with Crippen molar-refractivity contribution in [1.29, 1.82) is 0 Å². The number of nitrogens with zero attached hydrogens (tertiary/aromatic N) is 1. The van der Waals surface area contributed by atoms with Crippen LogP contribution in [-0.4, -0.2) is 47.9 Å². The van der Waals surface area contributed by atoms with Crippen LogP contribution in [0.3, 0.4) is 0 Å². The van der Waals surface area contributed by atoms with Crippen molar-refractivity contribution in [3.8, 4) is 5.75 Å². The molecule has 1 aromatic rings. The molecule has 8 heteroatoms. The van der Waals surface area contributed by atoms with Crippen molar-refractivity contribution < 1.29 is 29.0 Å². The van der Waals surface area contributed by atoms with Crippen LogP contribution in [0.1, 0.15) is 37.0 Å². The summed E-state index contributed by atoms with van der Waals surface area (Å²) in [6.45, 7) is 2.79. The molecule has 1 unspecified atom stereocenters. The van der Waals surface area contributed by atoms with Gasteiger partial charge in [-0.15, -0.1) is 0 Å². The highest BCUT2D eigenvalue weighted by molar-refractivity contribution is 6.04. The van der Waals surface area contributed by atoms with Crippen LogP contribution >= 0.6 is 0 Å². The molecule has 8 nitrogen and oxygen atoms in total. The van der Waals surface area contributed by atoms with Crippen LogP contribution in [0.4, 0.5) is 5.69 Å². The van der Waals surface area contributed by atoms with E-state index in [1.165, 1.54) is 11.0 Å². The molecular weight excluding hydrogens is 328 g/mol. The Kier molecular flexibility index (Phi) is 5.74. The maximum Gasteiger partial charge on any atom is 0.326 e. The summed E-state index contributed by atoms with van der Waals surface area (Å²) in [5.74, 6) is -1.87. The number of carboxylic acids is 1. The second kappa shape index (κ2) is 7.78. The first kappa shape index (κ1) is 18.4. The third-order valence-corrected chi connectivity index (χ3v) is 3.89. The fourth-order valence-corrected chi connectivity index (χ4v) is 2.48. The van der Waals surface area contributed by atoms with E-state index in [0.717, 1.165) is 0 Å². The number of ether oxygens (including phenoxy) is 1. The van der Waals surface area contributed by atoms with Crippen molar-refractivity contribution in [2.45, 2.75) is 32.7 Å². The first-order valence-corrected chi connectivity index (χ1v) is 7.99. The third kappa shape index (κ3) is 4.14. The minimum absolute atomic E-state index is 0.0952. The van der Waals surface area contributed by atoms with E-state index in [9.17, 15) is 19.2 Å². The molecule has 1 atom stereocenters. The van der Waals surface area contributed by atoms with Crippen molar-refractivity contribution >= 4 is 29.3 Å². The normalized spacial score (nSPS) is 14.3. The summed E-state index contributed by atoms with van der Waals surface area (Å²) >= 11 is 0. The Morgan fingerprint density at radius 2 is 2.04 bits per heavy atom. The number of amides is 2. The number of carboxylic acid groups (broad SMARTS) is 1. The smallest absolute Gasteiger partial charge is 0.326 e. The second-order valence-electron chi connectivity index (χ2n) is 5.59. The summed E-state index contributed by atoms with van der Waals surface area (Å²) in [5.41, 5.74) is 0.746. The topological polar surface area (TPSA) is 113 Å². The van der Waals surface area contributed by atoms with Crippen molar-refractivity contribution in [2.24, 2.45) is 0 Å². The SMILES string of the molecule is CCC(=O)c1ccc2c(c1)N(CC(=O)NC(CC)C(=O)O)C(=O)CO2. The third-order valence-electron chi connectivity index (χ3n) is 3.89. The van der Waals surface area contributed by atoms with Gasteiger partial charge in [0.15, 0.2) is 12.4 Å². The van der Waals surface area contributed by atoms with Crippen LogP contribution in [0.5, 0.6) is 5.75 Å². The van der Waals surface area contributed by atoms with E-state index in [-0.39, 0.29) is 25.4 Å². The van der Waals surface area contributed by atoms with E-state index in [1.54, 1.807) is 26.0 Å². The number of anilines is 1. The Morgan fingerprint density at radius 1 is 1.32 bits per heavy atom. The number of hydrogen-bond acceptors (Lipinski definition) is 5. The highest BCUT2D eigenvalue weighted by Crippen LogP contribution is 2.33. The van der Waals surface area contributed by atoms with E-state index in [0.29, 0.717) is 23.4 Å². The van der Waals surface area contributed by atoms with Crippen molar-refractivity contribution in [2.75, 3.05) is 18.1 Å². The zero-order valence-electron chi connectivity index (χ0n) is 14.1. The standard InChI is InChI=1S/C17H20N2O6/c1-3-11(17(23)24)18-15(21)8-19-12-7-10(13(20)4-2)5-6-14(12)25-9-16(19)22/h5-7,11H,3-4,8-9H2,1-2H3,(H,18,21)(H,23,24). The van der Waals surface area contributed by atoms with Crippen LogP contribution in [0.25, 0.3) is 0 Å². The lowest BCUT2D eigenvalue weighted by Crippen LogP contribution is -2.49. The molecule has 0 spiro atoms. The zero-order chi connectivity index (χ0) is 18.6. The highest BCUT2D eigenvalue weighted by Gasteiger charge is 2.29. The number of Topliss-reactive ketones (excluding diaryl/α,β-unsaturated/α-hetero) is 1. The average Bonchev–Trinajstić information content (AvgIpc) is 2.60. The van der Waals surface area contributed by atoms with Crippen molar-refractivity contribution in [3.63, 3.8) is 0 Å². The number of rotatable bonds is 7. The molecule has 2 rings (SSSR count). The van der Waals surface area contributed by atoms with Crippen molar-refractivity contribution in [1.82, 2.24) is 5.32 Å². The maximum atomic E-state index is 12.2. The molecule has 0 bridgehead atoms. The van der Waals surface area contributed by atoms with E-state index < -0.39 is 23.8 Å². The van der Waals surface area contributed by atoms with Crippen LogP contribution < -0.4 is 15.0 Å². The molecule has 1 heterocycles. The lowest BCUT2D eigenvalue weighted by Gasteiger charge is -2.29. The largest absolute Gasteiger partial charge is 0.482 e. The molecule has 2 amide bonds. The van der Waals surface area contributed by atoms with E-state index in [2.05, 4.69) is 5.32 Å². The Balaban J connectivity index is 2.24. The number of benzene rings is 1. The lowest BCUT2D eigenvalue weighted by molar-refractivity contribution is -0.141. The van der Waals surface area contributed by atoms with E-state index in [1.807, 2.05) is 0 Å². The molecule has 0 aromatic heterocycles. The number of carbonyl (C=O) groups excluding carboxylic acids is 3. The summed E-state index contributed by atoms with van der Waals surface area (Å²) in [4.78, 5) is 48.4. The van der Waals surface area contributed by atoms with Gasteiger partial charge in [0.2, 0.25) is 5.91 Å². The molecule has 1 aliphatic rings. The number of aliphatic carboxylic acids is 1. The highest BCUT2D eigenvalue weighted by atomic mass is 16.5. The number of nitrogens with one attached hydrogen (secondary N) is 1. The maximum absolute atomic E-state index is 12.2. The van der Waals surface area contributed by atoms with Gasteiger partial charge in [-0.25, -0.2) is 4.79 Å². The number of hydrogen-bond donors (Lipinski definition) is 2. The first-order valence-electron chi connectivity index (χ1n) is 7.99. The van der Waals surface area contributed by atoms with Gasteiger partial charge in [-0.1, -0.05) is 13.8 Å². The first-order chi connectivity index (χ1) is 11.9. The second-order valence-corrected chi connectivity index (χ2v) is 5.59. The number of carbonyl (C=O) groups is 4. The molecule has 0 saturated carbocycles. The average molecular weight is 348 g/mol. The van der Waals surface area contributed by atoms with E-state index >= 15 is 0 Å². The molecular formula is C17H20N2O6. The predicted octanol–water partition coefficient (Wildman–Crippen LogP) is 0.984. The molecule has 1 aliphatic heterocycles. The Labute approximate surface area is 144 Å². The van der Waals surface area contributed by atoms with E-state index in [4.69, 9.17) is 9.84 Å². The number of fused-ring (bicyclic) bond motifs is 1. The molecule has 0 fully saturated rings. The number of ketones is 1. The molecule has 0 aliphatic carbocycles. The van der Waals surface area contributed by atoms with Gasteiger partial charge < -0.3 is 15.2 Å². The Hall–Kier alpha value is -2.90. The zero-order valence-corrected chi connectivity index (χ0v) is 14.1. The molecule has 134 valence electrons. The fraction of sp³-hybridized carbons (Fsp3) is 0.412. The summed E-state index contributed by atoms with van der Waals surface area (Å²) in [5, 5.41) is 11.4. The Bertz CT molecular complexity index is 715. The summed E-state index contributed by atoms with van der Waals surface area (Å²) < 4.78 is 5.33. The molecule has 2 N–H and O–H groups in total. The van der Waals surface area contributed by atoms with Gasteiger partial charge in [-0.05, 0) is 24.6 Å². The van der Waals surface area contributed by atoms with Gasteiger partial charge >= 0.3 is 5.97 Å². The van der Waals surface area contributed by atoms with Crippen LogP contribution in [-0.2, 0) is 14.4 Å². The van der Waals surface area contributed by atoms with Gasteiger partial charge in [-0.2, -0.15) is 0 Å². The quantitative estimate of drug-likeness (QED) is 0.710. The predicted molar refractivity (Wildman–Crippen MR) is 88.8 cm³/mol. The summed E-state index contributed by atoms with van der Waals surface area (Å²) in [7, 11) is 0. The van der Waals surface area contributed by atoms with Gasteiger partial charge in [0.05, 0.1) is 5.69 Å². The Morgan fingerprint density at radius 3 is 2.64 bits per heavy atom. The molecule has 0 saturated heterocycles. The summed E-state index contributed by atoms with van der Waals surface area (Å²) in [6, 6.07) is 3.69. The molecule has 25 heavy (non-hydrogen) atoms. The van der Waals surface area contributed by atoms with Gasteiger partial charge in [-0.3, -0.25) is 19.3 Å². The van der Waals surface area contributed by atoms with Crippen LogP contribution in [0.2, 0.25) is 0 Å². The monoisotopic (exact) mass is 348 g/mol. The summed E-state index contributed by atoms with van der Waals surface area (Å²) in [6.07, 6.45) is 0.536. The van der Waals surface area contributed by atoms with Gasteiger partial charge in [0.1, 0.15) is 18.3 Å². The van der Waals surface area contributed by atoms with Crippen molar-refractivity contribution in [3.05, 3.63) is 23.8 Å². The molecule has 0 radical (unpaired) electrons. The van der Waals surface area contributed by atoms with Crippen LogP contribution in [0, 0.1) is 0 Å².